The van der Waals surface area contributed by atoms with E-state index in [2.05, 4.69) is 38.2 Å². The summed E-state index contributed by atoms with van der Waals surface area (Å²) in [5.41, 5.74) is 1.56. The molecule has 2 fully saturated rings. The van der Waals surface area contributed by atoms with Crippen molar-refractivity contribution in [2.24, 2.45) is 5.92 Å². The monoisotopic (exact) mass is 429 g/mol. The molecule has 0 aromatic carbocycles. The fourth-order valence-corrected chi connectivity index (χ4v) is 4.79. The number of pyridine rings is 2. The van der Waals surface area contributed by atoms with Gasteiger partial charge in [-0.1, -0.05) is 19.8 Å². The van der Waals surface area contributed by atoms with Crippen molar-refractivity contribution < 1.29 is 0 Å². The molecule has 0 amide bonds. The van der Waals surface area contributed by atoms with Crippen LogP contribution in [0.15, 0.2) is 35.4 Å². The van der Waals surface area contributed by atoms with E-state index in [0.29, 0.717) is 22.8 Å². The molecule has 3 aromatic rings. The molecule has 5 rings (SSSR count). The maximum atomic E-state index is 12.9. The van der Waals surface area contributed by atoms with Crippen molar-refractivity contribution in [3.63, 3.8) is 0 Å². The molecule has 1 saturated heterocycles. The van der Waals surface area contributed by atoms with E-state index in [1.165, 1.54) is 12.8 Å². The van der Waals surface area contributed by atoms with E-state index in [0.717, 1.165) is 50.4 Å². The quantitative estimate of drug-likeness (QED) is 0.665. The van der Waals surface area contributed by atoms with Crippen LogP contribution in [-0.2, 0) is 0 Å². The first kappa shape index (κ1) is 20.4. The summed E-state index contributed by atoms with van der Waals surface area (Å²) in [6.07, 6.45) is 9.98. The summed E-state index contributed by atoms with van der Waals surface area (Å²) in [6, 6.07) is 7.68. The second-order valence-electron chi connectivity index (χ2n) is 8.95. The number of nitrogens with zero attached hydrogens (tertiary/aromatic N) is 6. The molecule has 8 nitrogen and oxygen atoms in total. The number of nitriles is 1. The SMILES string of the molecule is CC1CCN(c2ccc(Nc3ncc4cc(C#N)c(=O)n(C5CCCC5)c4n3)nc2)CC1. The molecule has 0 bridgehead atoms. The van der Waals surface area contributed by atoms with Gasteiger partial charge in [-0.25, -0.2) is 9.97 Å². The highest BCUT2D eigenvalue weighted by Gasteiger charge is 2.23. The molecular formula is C24H27N7O. The van der Waals surface area contributed by atoms with Gasteiger partial charge in [0.25, 0.3) is 5.56 Å². The van der Waals surface area contributed by atoms with E-state index in [4.69, 9.17) is 0 Å². The van der Waals surface area contributed by atoms with Gasteiger partial charge in [0.05, 0.1) is 11.9 Å². The molecule has 0 radical (unpaired) electrons. The summed E-state index contributed by atoms with van der Waals surface area (Å²) < 4.78 is 1.70. The van der Waals surface area contributed by atoms with Crippen LogP contribution in [0.1, 0.15) is 57.1 Å². The molecule has 32 heavy (non-hydrogen) atoms. The standard InChI is InChI=1S/C24H27N7O/c1-16-8-10-30(11-9-16)20-6-7-21(26-15-20)28-24-27-14-18-12-17(13-25)23(32)31(22(18)29-24)19-4-2-3-5-19/h6-7,12,14-16,19H,2-5,8-11H2,1H3,(H,26,27,28,29). The van der Waals surface area contributed by atoms with Crippen molar-refractivity contribution in [1.29, 1.82) is 5.26 Å². The van der Waals surface area contributed by atoms with Crippen molar-refractivity contribution in [3.8, 4) is 6.07 Å². The first-order valence-electron chi connectivity index (χ1n) is 11.4. The molecule has 164 valence electrons. The normalized spacial score (nSPS) is 17.6. The van der Waals surface area contributed by atoms with Crippen LogP contribution in [0, 0.1) is 17.2 Å². The summed E-state index contributed by atoms with van der Waals surface area (Å²) in [5.74, 6) is 1.83. The number of fused-ring (bicyclic) bond motifs is 1. The van der Waals surface area contributed by atoms with Gasteiger partial charge >= 0.3 is 0 Å². The minimum atomic E-state index is -0.269. The van der Waals surface area contributed by atoms with Crippen molar-refractivity contribution in [2.75, 3.05) is 23.3 Å². The Morgan fingerprint density at radius 2 is 1.88 bits per heavy atom. The Bertz CT molecular complexity index is 1210. The predicted octanol–water partition coefficient (Wildman–Crippen LogP) is 4.15. The van der Waals surface area contributed by atoms with Crippen LogP contribution in [0.4, 0.5) is 17.5 Å². The largest absolute Gasteiger partial charge is 0.370 e. The van der Waals surface area contributed by atoms with Gasteiger partial charge in [0.15, 0.2) is 0 Å². The van der Waals surface area contributed by atoms with Crippen LogP contribution in [0.5, 0.6) is 0 Å². The van der Waals surface area contributed by atoms with Gasteiger partial charge in [0.2, 0.25) is 5.95 Å². The van der Waals surface area contributed by atoms with Gasteiger partial charge in [0, 0.05) is 30.7 Å². The maximum absolute atomic E-state index is 12.9. The highest BCUT2D eigenvalue weighted by atomic mass is 16.1. The Hall–Kier alpha value is -3.47. The minimum Gasteiger partial charge on any atom is -0.370 e. The Kier molecular flexibility index (Phi) is 5.48. The summed E-state index contributed by atoms with van der Waals surface area (Å²) in [5, 5.41) is 13.3. The smallest absolute Gasteiger partial charge is 0.270 e. The molecule has 1 N–H and O–H groups in total. The molecule has 0 atom stereocenters. The number of anilines is 3. The lowest BCUT2D eigenvalue weighted by molar-refractivity contribution is 0.438. The first-order valence-corrected chi connectivity index (χ1v) is 11.4. The second kappa shape index (κ2) is 8.58. The molecule has 0 unspecified atom stereocenters. The Morgan fingerprint density at radius 3 is 2.56 bits per heavy atom. The third-order valence-corrected chi connectivity index (χ3v) is 6.72. The van der Waals surface area contributed by atoms with Crippen LogP contribution in [0.25, 0.3) is 11.0 Å². The number of hydrogen-bond donors (Lipinski definition) is 1. The topological polar surface area (TPSA) is 99.7 Å². The fourth-order valence-electron chi connectivity index (χ4n) is 4.79. The van der Waals surface area contributed by atoms with Gasteiger partial charge in [-0.2, -0.15) is 10.2 Å². The number of aromatic nitrogens is 4. The maximum Gasteiger partial charge on any atom is 0.270 e. The minimum absolute atomic E-state index is 0.0747. The Balaban J connectivity index is 1.43. The van der Waals surface area contributed by atoms with Crippen LogP contribution < -0.4 is 15.8 Å². The highest BCUT2D eigenvalue weighted by molar-refractivity contribution is 5.77. The third kappa shape index (κ3) is 3.91. The molecule has 3 aromatic heterocycles. The van der Waals surface area contributed by atoms with E-state index in [-0.39, 0.29) is 17.2 Å². The second-order valence-corrected chi connectivity index (χ2v) is 8.95. The fraction of sp³-hybridized carbons (Fsp3) is 0.458. The molecule has 1 saturated carbocycles. The molecule has 0 spiro atoms. The van der Waals surface area contributed by atoms with E-state index in [1.54, 1.807) is 16.8 Å². The van der Waals surface area contributed by atoms with Crippen LogP contribution in [-0.4, -0.2) is 32.6 Å². The molecule has 8 heteroatoms. The lowest BCUT2D eigenvalue weighted by atomic mass is 9.99. The summed E-state index contributed by atoms with van der Waals surface area (Å²) >= 11 is 0. The molecule has 2 aliphatic rings. The lowest BCUT2D eigenvalue weighted by Crippen LogP contribution is -2.32. The van der Waals surface area contributed by atoms with Crippen molar-refractivity contribution in [3.05, 3.63) is 46.5 Å². The van der Waals surface area contributed by atoms with E-state index in [9.17, 15) is 10.1 Å². The number of hydrogen-bond acceptors (Lipinski definition) is 7. The molecule has 1 aliphatic carbocycles. The Labute approximate surface area is 186 Å². The Morgan fingerprint density at radius 1 is 1.09 bits per heavy atom. The van der Waals surface area contributed by atoms with Gasteiger partial charge in [0.1, 0.15) is 23.1 Å². The van der Waals surface area contributed by atoms with Gasteiger partial charge in [-0.15, -0.1) is 0 Å². The van der Waals surface area contributed by atoms with Gasteiger partial charge in [-0.05, 0) is 49.8 Å². The average molecular weight is 430 g/mol. The van der Waals surface area contributed by atoms with Crippen molar-refractivity contribution in [1.82, 2.24) is 19.5 Å². The van der Waals surface area contributed by atoms with Crippen LogP contribution >= 0.6 is 0 Å². The zero-order chi connectivity index (χ0) is 22.1. The lowest BCUT2D eigenvalue weighted by Gasteiger charge is -2.31. The number of piperidine rings is 1. The summed E-state index contributed by atoms with van der Waals surface area (Å²) in [6.45, 7) is 4.43. The average Bonchev–Trinajstić information content (AvgIpc) is 3.34. The van der Waals surface area contributed by atoms with E-state index >= 15 is 0 Å². The molecule has 4 heterocycles. The third-order valence-electron chi connectivity index (χ3n) is 6.72. The highest BCUT2D eigenvalue weighted by Crippen LogP contribution is 2.31. The number of nitrogens with one attached hydrogen (secondary N) is 1. The number of rotatable bonds is 4. The van der Waals surface area contributed by atoms with E-state index < -0.39 is 0 Å². The van der Waals surface area contributed by atoms with Gasteiger partial charge < -0.3 is 10.2 Å². The van der Waals surface area contributed by atoms with Crippen LogP contribution in [0.3, 0.4) is 0 Å². The van der Waals surface area contributed by atoms with Crippen molar-refractivity contribution >= 4 is 28.5 Å². The van der Waals surface area contributed by atoms with Crippen LogP contribution in [0.2, 0.25) is 0 Å². The van der Waals surface area contributed by atoms with Gasteiger partial charge in [-0.3, -0.25) is 9.36 Å². The summed E-state index contributed by atoms with van der Waals surface area (Å²) in [7, 11) is 0. The zero-order valence-electron chi connectivity index (χ0n) is 18.3. The first-order chi connectivity index (χ1) is 15.6. The molecule has 1 aliphatic heterocycles. The predicted molar refractivity (Wildman–Crippen MR) is 124 cm³/mol. The van der Waals surface area contributed by atoms with Crippen molar-refractivity contribution in [2.45, 2.75) is 51.5 Å². The van der Waals surface area contributed by atoms with E-state index in [1.807, 2.05) is 18.3 Å². The zero-order valence-corrected chi connectivity index (χ0v) is 18.3. The summed E-state index contributed by atoms with van der Waals surface area (Å²) in [4.78, 5) is 28.9. The molecular weight excluding hydrogens is 402 g/mol.